The number of nitrogens with zero attached hydrogens (tertiary/aromatic N) is 1. The Morgan fingerprint density at radius 2 is 1.57 bits per heavy atom. The zero-order valence-corrected chi connectivity index (χ0v) is 26.5. The standard InChI is InChI=1S/C30H46N8O8/c1-4-5-13-46-19-10-8-18(9-11-19)14-21-28(44)38-25(17(2)3)29(45)36-20(7-6-12-33-30(31)32)26(42)34-16-23(39)35-22(15-24(40)41)27(43)37-21/h8-11,17,20-22,25H,4-7,12-16H2,1-3H3,(H,34,42)(H,35,39)(H,36,45)(H,37,43)(H,38,44)(H,40,41)(H4,31,32,33)/t20-,21+,22-,25?/m0/s1. The highest BCUT2D eigenvalue weighted by atomic mass is 16.5. The van der Waals surface area contributed by atoms with Crippen molar-refractivity contribution in [2.75, 3.05) is 19.7 Å². The van der Waals surface area contributed by atoms with Crippen molar-refractivity contribution in [1.29, 1.82) is 0 Å². The van der Waals surface area contributed by atoms with Crippen LogP contribution in [0.2, 0.25) is 0 Å². The van der Waals surface area contributed by atoms with Crippen molar-refractivity contribution in [1.82, 2.24) is 26.6 Å². The van der Waals surface area contributed by atoms with E-state index in [0.29, 0.717) is 24.3 Å². The molecule has 254 valence electrons. The molecule has 1 aromatic carbocycles. The number of ether oxygens (including phenoxy) is 1. The first-order chi connectivity index (χ1) is 21.8. The lowest BCUT2D eigenvalue weighted by atomic mass is 9.99. The van der Waals surface area contributed by atoms with E-state index in [-0.39, 0.29) is 25.3 Å². The van der Waals surface area contributed by atoms with Crippen molar-refractivity contribution in [2.24, 2.45) is 22.4 Å². The number of aliphatic carboxylic acids is 1. The average molecular weight is 647 g/mol. The second-order valence-electron chi connectivity index (χ2n) is 11.3. The van der Waals surface area contributed by atoms with Crippen LogP contribution in [0.5, 0.6) is 5.75 Å². The monoisotopic (exact) mass is 646 g/mol. The minimum absolute atomic E-state index is 0.0273. The summed E-state index contributed by atoms with van der Waals surface area (Å²) in [6.07, 6.45) is 1.44. The Morgan fingerprint density at radius 1 is 0.913 bits per heavy atom. The number of hydrogen-bond acceptors (Lipinski definition) is 8. The highest BCUT2D eigenvalue weighted by Crippen LogP contribution is 2.15. The molecule has 1 aromatic rings. The van der Waals surface area contributed by atoms with Crippen LogP contribution in [0.4, 0.5) is 0 Å². The van der Waals surface area contributed by atoms with Gasteiger partial charge in [-0.3, -0.25) is 33.8 Å². The molecule has 0 saturated carbocycles. The molecule has 1 aliphatic rings. The number of amides is 5. The third kappa shape index (κ3) is 13.0. The molecule has 0 bridgehead atoms. The molecule has 0 spiro atoms. The number of carbonyl (C=O) groups is 6. The molecule has 1 fully saturated rings. The van der Waals surface area contributed by atoms with E-state index in [0.717, 1.165) is 12.8 Å². The topological polar surface area (TPSA) is 256 Å². The molecule has 0 aromatic heterocycles. The number of guanidine groups is 1. The molecule has 2 rings (SSSR count). The second kappa shape index (κ2) is 18.8. The van der Waals surface area contributed by atoms with Gasteiger partial charge in [0.15, 0.2) is 5.96 Å². The van der Waals surface area contributed by atoms with Crippen molar-refractivity contribution in [3.8, 4) is 5.75 Å². The van der Waals surface area contributed by atoms with Crippen LogP contribution in [-0.4, -0.2) is 90.4 Å². The molecule has 0 aliphatic carbocycles. The first kappa shape index (κ1) is 37.3. The largest absolute Gasteiger partial charge is 0.494 e. The number of unbranched alkanes of at least 4 members (excludes halogenated alkanes) is 1. The highest BCUT2D eigenvalue weighted by Gasteiger charge is 2.34. The van der Waals surface area contributed by atoms with Gasteiger partial charge in [-0.15, -0.1) is 0 Å². The normalized spacial score (nSPS) is 21.4. The third-order valence-electron chi connectivity index (χ3n) is 7.04. The van der Waals surface area contributed by atoms with Crippen LogP contribution in [0.1, 0.15) is 58.4 Å². The molecule has 10 N–H and O–H groups in total. The number of aliphatic imine (C=N–C) groups is 1. The quantitative estimate of drug-likeness (QED) is 0.0711. The highest BCUT2D eigenvalue weighted by molar-refractivity contribution is 5.98. The van der Waals surface area contributed by atoms with Crippen molar-refractivity contribution < 1.29 is 38.6 Å². The van der Waals surface area contributed by atoms with Crippen molar-refractivity contribution >= 4 is 41.5 Å². The van der Waals surface area contributed by atoms with Crippen LogP contribution in [0.15, 0.2) is 29.3 Å². The maximum atomic E-state index is 13.7. The molecule has 1 heterocycles. The Hall–Kier alpha value is -4.89. The fourth-order valence-corrected chi connectivity index (χ4v) is 4.52. The van der Waals surface area contributed by atoms with Gasteiger partial charge < -0.3 is 47.9 Å². The number of hydrogen-bond donors (Lipinski definition) is 8. The number of nitrogens with one attached hydrogen (secondary N) is 5. The Labute approximate surface area is 267 Å². The summed E-state index contributed by atoms with van der Waals surface area (Å²) >= 11 is 0. The smallest absolute Gasteiger partial charge is 0.305 e. The van der Waals surface area contributed by atoms with Crippen LogP contribution < -0.4 is 42.8 Å². The summed E-state index contributed by atoms with van der Waals surface area (Å²) in [5.41, 5.74) is 11.4. The van der Waals surface area contributed by atoms with E-state index >= 15 is 0 Å². The molecular weight excluding hydrogens is 600 g/mol. The van der Waals surface area contributed by atoms with E-state index in [1.54, 1.807) is 38.1 Å². The zero-order chi connectivity index (χ0) is 34.2. The van der Waals surface area contributed by atoms with Crippen molar-refractivity contribution in [3.05, 3.63) is 29.8 Å². The van der Waals surface area contributed by atoms with Gasteiger partial charge >= 0.3 is 5.97 Å². The summed E-state index contributed by atoms with van der Waals surface area (Å²) in [5.74, 6) is -5.21. The van der Waals surface area contributed by atoms with Gasteiger partial charge in [-0.05, 0) is 42.9 Å². The Bertz CT molecular complexity index is 1250. The summed E-state index contributed by atoms with van der Waals surface area (Å²) in [6, 6.07) is 1.84. The van der Waals surface area contributed by atoms with Gasteiger partial charge in [0, 0.05) is 13.0 Å². The van der Waals surface area contributed by atoms with Gasteiger partial charge in [-0.2, -0.15) is 0 Å². The second-order valence-corrected chi connectivity index (χ2v) is 11.3. The number of nitrogens with two attached hydrogens (primary N) is 2. The van der Waals surface area contributed by atoms with E-state index < -0.39 is 78.6 Å². The SMILES string of the molecule is CCCCOc1ccc(C[C@H]2NC(=O)[C@H](CC(=O)O)NC(=O)CNC(=O)[C@H](CCCN=C(N)N)NC(=O)C(C(C)C)NC2=O)cc1. The molecule has 1 aliphatic heterocycles. The first-order valence-corrected chi connectivity index (χ1v) is 15.3. The summed E-state index contributed by atoms with van der Waals surface area (Å²) in [6.45, 7) is 5.55. The van der Waals surface area contributed by atoms with E-state index in [9.17, 15) is 33.9 Å². The Balaban J connectivity index is 2.42. The fraction of sp³-hybridized carbons (Fsp3) is 0.567. The van der Waals surface area contributed by atoms with Crippen LogP contribution in [0, 0.1) is 5.92 Å². The van der Waals surface area contributed by atoms with Gasteiger partial charge in [0.1, 0.15) is 29.9 Å². The molecule has 1 saturated heterocycles. The summed E-state index contributed by atoms with van der Waals surface area (Å²) in [4.78, 5) is 81.5. The minimum atomic E-state index is -1.56. The van der Waals surface area contributed by atoms with Crippen LogP contribution in [-0.2, 0) is 35.2 Å². The molecule has 16 nitrogen and oxygen atoms in total. The zero-order valence-electron chi connectivity index (χ0n) is 26.5. The van der Waals surface area contributed by atoms with Crippen LogP contribution in [0.25, 0.3) is 0 Å². The molecule has 1 unspecified atom stereocenters. The van der Waals surface area contributed by atoms with Gasteiger partial charge in [-0.25, -0.2) is 0 Å². The summed E-state index contributed by atoms with van der Waals surface area (Å²) < 4.78 is 5.69. The van der Waals surface area contributed by atoms with E-state index in [1.165, 1.54) is 0 Å². The Morgan fingerprint density at radius 3 is 2.17 bits per heavy atom. The maximum absolute atomic E-state index is 13.7. The van der Waals surface area contributed by atoms with Crippen LogP contribution >= 0.6 is 0 Å². The lowest BCUT2D eigenvalue weighted by Gasteiger charge is -2.27. The Kier molecular flexibility index (Phi) is 15.3. The van der Waals surface area contributed by atoms with Gasteiger partial charge in [-0.1, -0.05) is 39.3 Å². The minimum Gasteiger partial charge on any atom is -0.494 e. The van der Waals surface area contributed by atoms with E-state index in [2.05, 4.69) is 31.6 Å². The molecule has 16 heteroatoms. The van der Waals surface area contributed by atoms with Gasteiger partial charge in [0.05, 0.1) is 19.6 Å². The fourth-order valence-electron chi connectivity index (χ4n) is 4.52. The van der Waals surface area contributed by atoms with Crippen LogP contribution in [0.3, 0.4) is 0 Å². The van der Waals surface area contributed by atoms with Crippen molar-refractivity contribution in [2.45, 2.75) is 83.5 Å². The number of benzene rings is 1. The average Bonchev–Trinajstić information content (AvgIpc) is 2.99. The molecule has 0 radical (unpaired) electrons. The third-order valence-corrected chi connectivity index (χ3v) is 7.04. The van der Waals surface area contributed by atoms with E-state index in [4.69, 9.17) is 16.2 Å². The molecule has 5 amide bonds. The molecular formula is C30H46N8O8. The number of carboxylic acid groups (broad SMARTS) is 1. The van der Waals surface area contributed by atoms with Gasteiger partial charge in [0.25, 0.3) is 0 Å². The summed E-state index contributed by atoms with van der Waals surface area (Å²) in [5, 5.41) is 22.0. The first-order valence-electron chi connectivity index (χ1n) is 15.3. The predicted molar refractivity (Wildman–Crippen MR) is 168 cm³/mol. The molecule has 4 atom stereocenters. The van der Waals surface area contributed by atoms with Crippen molar-refractivity contribution in [3.63, 3.8) is 0 Å². The van der Waals surface area contributed by atoms with E-state index in [1.807, 2.05) is 6.92 Å². The molecule has 46 heavy (non-hydrogen) atoms. The summed E-state index contributed by atoms with van der Waals surface area (Å²) in [7, 11) is 0. The maximum Gasteiger partial charge on any atom is 0.305 e. The number of carboxylic acids is 1. The lowest BCUT2D eigenvalue weighted by molar-refractivity contribution is -0.141. The number of rotatable bonds is 13. The lowest BCUT2D eigenvalue weighted by Crippen LogP contribution is -2.59. The number of carbonyl (C=O) groups excluding carboxylic acids is 5. The van der Waals surface area contributed by atoms with Gasteiger partial charge in [0.2, 0.25) is 29.5 Å². The predicted octanol–water partition coefficient (Wildman–Crippen LogP) is -1.34.